The summed E-state index contributed by atoms with van der Waals surface area (Å²) in [5.41, 5.74) is 4.34. The number of ether oxygens (including phenoxy) is 1. The van der Waals surface area contributed by atoms with E-state index in [0.29, 0.717) is 23.6 Å². The number of thioether (sulfide) groups is 1. The van der Waals surface area contributed by atoms with Crippen LogP contribution in [0.2, 0.25) is 0 Å². The monoisotopic (exact) mass is 365 g/mol. The molecule has 0 unspecified atom stereocenters. The average Bonchev–Trinajstić information content (AvgIpc) is 2.60. The molecule has 3 nitrogen and oxygen atoms in total. The van der Waals surface area contributed by atoms with E-state index in [1.54, 1.807) is 26.0 Å². The van der Waals surface area contributed by atoms with Gasteiger partial charge in [-0.25, -0.2) is 9.78 Å². The third-order valence-electron chi connectivity index (χ3n) is 4.61. The standard InChI is InChI=1S/C22H23NO2S/c1-5-25-21(24)18-10-9-17(23-15(18)2)8-6-16-7-11-20-19(14-16)22(3,4)12-13-26-20/h7,9-11,14H,5,12-13H2,1-4H3. The molecule has 0 bridgehead atoms. The van der Waals surface area contributed by atoms with Gasteiger partial charge in [0.1, 0.15) is 5.69 Å². The smallest absolute Gasteiger partial charge is 0.339 e. The highest BCUT2D eigenvalue weighted by molar-refractivity contribution is 7.99. The van der Waals surface area contributed by atoms with Crippen LogP contribution in [0.3, 0.4) is 0 Å². The quantitative estimate of drug-likeness (QED) is 0.569. The van der Waals surface area contributed by atoms with E-state index < -0.39 is 0 Å². The molecule has 0 amide bonds. The lowest BCUT2D eigenvalue weighted by molar-refractivity contribution is 0.0525. The van der Waals surface area contributed by atoms with Crippen LogP contribution in [0, 0.1) is 18.8 Å². The van der Waals surface area contributed by atoms with Crippen molar-refractivity contribution < 1.29 is 9.53 Å². The second-order valence-electron chi connectivity index (χ2n) is 6.99. The number of fused-ring (bicyclic) bond motifs is 1. The third-order valence-corrected chi connectivity index (χ3v) is 5.68. The molecule has 0 spiro atoms. The molecule has 4 heteroatoms. The van der Waals surface area contributed by atoms with Crippen molar-refractivity contribution in [1.82, 2.24) is 4.98 Å². The van der Waals surface area contributed by atoms with E-state index in [4.69, 9.17) is 4.74 Å². The van der Waals surface area contributed by atoms with Gasteiger partial charge in [0.2, 0.25) is 0 Å². The van der Waals surface area contributed by atoms with Crippen molar-refractivity contribution in [1.29, 1.82) is 0 Å². The van der Waals surface area contributed by atoms with Gasteiger partial charge in [-0.05, 0) is 73.3 Å². The van der Waals surface area contributed by atoms with Crippen molar-refractivity contribution in [3.8, 4) is 11.8 Å². The van der Waals surface area contributed by atoms with Crippen LogP contribution in [0.25, 0.3) is 0 Å². The largest absolute Gasteiger partial charge is 0.462 e. The molecule has 0 saturated carbocycles. The zero-order chi connectivity index (χ0) is 18.7. The van der Waals surface area contributed by atoms with Crippen LogP contribution in [0.5, 0.6) is 0 Å². The first kappa shape index (κ1) is 18.5. The van der Waals surface area contributed by atoms with Gasteiger partial charge in [-0.15, -0.1) is 11.8 Å². The fraction of sp³-hybridized carbons (Fsp3) is 0.364. The summed E-state index contributed by atoms with van der Waals surface area (Å²) in [4.78, 5) is 17.6. The molecule has 0 radical (unpaired) electrons. The maximum Gasteiger partial charge on any atom is 0.339 e. The van der Waals surface area contributed by atoms with Crippen LogP contribution < -0.4 is 0 Å². The summed E-state index contributed by atoms with van der Waals surface area (Å²) in [6.45, 7) is 8.53. The number of benzene rings is 1. The fourth-order valence-electron chi connectivity index (χ4n) is 3.00. The molecule has 3 rings (SSSR count). The molecule has 2 heterocycles. The lowest BCUT2D eigenvalue weighted by Crippen LogP contribution is -2.22. The molecule has 0 fully saturated rings. The van der Waals surface area contributed by atoms with Crippen LogP contribution in [0.4, 0.5) is 0 Å². The van der Waals surface area contributed by atoms with Crippen molar-refractivity contribution in [2.45, 2.75) is 44.4 Å². The number of pyridine rings is 1. The summed E-state index contributed by atoms with van der Waals surface area (Å²) < 4.78 is 5.03. The summed E-state index contributed by atoms with van der Waals surface area (Å²) >= 11 is 1.92. The summed E-state index contributed by atoms with van der Waals surface area (Å²) in [7, 11) is 0. The van der Waals surface area contributed by atoms with Crippen molar-refractivity contribution in [2.24, 2.45) is 0 Å². The van der Waals surface area contributed by atoms with E-state index in [2.05, 4.69) is 48.9 Å². The number of carbonyl (C=O) groups excluding carboxylic acids is 1. The number of nitrogens with zero attached hydrogens (tertiary/aromatic N) is 1. The Morgan fingerprint density at radius 3 is 2.81 bits per heavy atom. The van der Waals surface area contributed by atoms with Crippen LogP contribution in [-0.4, -0.2) is 23.3 Å². The number of hydrogen-bond donors (Lipinski definition) is 0. The van der Waals surface area contributed by atoms with Crippen LogP contribution in [0.15, 0.2) is 35.2 Å². The third kappa shape index (κ3) is 3.94. The zero-order valence-electron chi connectivity index (χ0n) is 15.7. The van der Waals surface area contributed by atoms with Gasteiger partial charge in [0, 0.05) is 10.5 Å². The summed E-state index contributed by atoms with van der Waals surface area (Å²) in [5, 5.41) is 0. The van der Waals surface area contributed by atoms with Gasteiger partial charge in [0.15, 0.2) is 0 Å². The minimum absolute atomic E-state index is 0.189. The van der Waals surface area contributed by atoms with Gasteiger partial charge in [0.05, 0.1) is 17.9 Å². The zero-order valence-corrected chi connectivity index (χ0v) is 16.5. The highest BCUT2D eigenvalue weighted by Crippen LogP contribution is 2.41. The van der Waals surface area contributed by atoms with Gasteiger partial charge >= 0.3 is 5.97 Å². The Morgan fingerprint density at radius 2 is 2.08 bits per heavy atom. The number of aryl methyl sites for hydroxylation is 1. The highest BCUT2D eigenvalue weighted by Gasteiger charge is 2.27. The first-order valence-corrected chi connectivity index (χ1v) is 9.83. The van der Waals surface area contributed by atoms with Crippen LogP contribution in [-0.2, 0) is 10.2 Å². The Balaban J connectivity index is 1.86. The van der Waals surface area contributed by atoms with Crippen LogP contribution >= 0.6 is 11.8 Å². The van der Waals surface area contributed by atoms with Gasteiger partial charge in [-0.3, -0.25) is 0 Å². The number of esters is 1. The lowest BCUT2D eigenvalue weighted by Gasteiger charge is -2.32. The highest BCUT2D eigenvalue weighted by atomic mass is 32.2. The molecule has 2 aromatic rings. The lowest BCUT2D eigenvalue weighted by atomic mass is 9.81. The minimum Gasteiger partial charge on any atom is -0.462 e. The molecule has 0 saturated heterocycles. The number of rotatable bonds is 2. The molecule has 26 heavy (non-hydrogen) atoms. The van der Waals surface area contributed by atoms with Crippen LogP contribution in [0.1, 0.15) is 60.1 Å². The van der Waals surface area contributed by atoms with Gasteiger partial charge in [-0.2, -0.15) is 0 Å². The average molecular weight is 365 g/mol. The van der Waals surface area contributed by atoms with Gasteiger partial charge in [0.25, 0.3) is 0 Å². The van der Waals surface area contributed by atoms with Crippen molar-refractivity contribution in [3.63, 3.8) is 0 Å². The minimum atomic E-state index is -0.341. The Hall–Kier alpha value is -2.25. The number of aromatic nitrogens is 1. The van der Waals surface area contributed by atoms with E-state index in [9.17, 15) is 4.79 Å². The topological polar surface area (TPSA) is 39.2 Å². The first-order valence-electron chi connectivity index (χ1n) is 8.85. The Morgan fingerprint density at radius 1 is 1.27 bits per heavy atom. The van der Waals surface area contributed by atoms with E-state index in [1.165, 1.54) is 22.6 Å². The SMILES string of the molecule is CCOC(=O)c1ccc(C#Cc2ccc3c(c2)C(C)(C)CCS3)nc1C. The molecule has 1 aliphatic heterocycles. The maximum absolute atomic E-state index is 11.9. The van der Waals surface area contributed by atoms with E-state index in [1.807, 2.05) is 11.8 Å². The molecule has 0 N–H and O–H groups in total. The first-order chi connectivity index (χ1) is 12.4. The number of carbonyl (C=O) groups is 1. The molecule has 0 aliphatic carbocycles. The van der Waals surface area contributed by atoms with E-state index in [0.717, 1.165) is 5.56 Å². The molecule has 134 valence electrons. The maximum atomic E-state index is 11.9. The Labute approximate surface area is 159 Å². The fourth-order valence-corrected chi connectivity index (χ4v) is 4.49. The van der Waals surface area contributed by atoms with E-state index in [-0.39, 0.29) is 11.4 Å². The molecule has 1 aromatic carbocycles. The Kier molecular flexibility index (Phi) is 5.38. The molecular formula is C22H23NO2S. The Bertz CT molecular complexity index is 906. The second-order valence-corrected chi connectivity index (χ2v) is 8.13. The number of hydrogen-bond acceptors (Lipinski definition) is 4. The summed E-state index contributed by atoms with van der Waals surface area (Å²) in [6, 6.07) is 9.95. The van der Waals surface area contributed by atoms with Crippen molar-refractivity contribution in [3.05, 3.63) is 58.4 Å². The molecule has 1 aliphatic rings. The molecule has 1 aromatic heterocycles. The van der Waals surface area contributed by atoms with Crippen molar-refractivity contribution in [2.75, 3.05) is 12.4 Å². The van der Waals surface area contributed by atoms with Crippen molar-refractivity contribution >= 4 is 17.7 Å². The predicted octanol–water partition coefficient (Wildman–Crippen LogP) is 4.74. The molecular weight excluding hydrogens is 342 g/mol. The normalized spacial score (nSPS) is 14.8. The second kappa shape index (κ2) is 7.55. The summed E-state index contributed by atoms with van der Waals surface area (Å²) in [6.07, 6.45) is 1.18. The summed E-state index contributed by atoms with van der Waals surface area (Å²) in [5.74, 6) is 7.15. The molecule has 0 atom stereocenters. The predicted molar refractivity (Wildman–Crippen MR) is 106 cm³/mol. The van der Waals surface area contributed by atoms with Gasteiger partial charge < -0.3 is 4.74 Å². The van der Waals surface area contributed by atoms with E-state index >= 15 is 0 Å². The van der Waals surface area contributed by atoms with Gasteiger partial charge in [-0.1, -0.05) is 19.8 Å².